The highest BCUT2D eigenvalue weighted by atomic mass is 35.5. The second kappa shape index (κ2) is 8.41. The van der Waals surface area contributed by atoms with E-state index in [0.29, 0.717) is 28.8 Å². The minimum atomic E-state index is -0.498. The first-order valence-corrected chi connectivity index (χ1v) is 8.39. The van der Waals surface area contributed by atoms with Crippen molar-refractivity contribution in [2.24, 2.45) is 0 Å². The van der Waals surface area contributed by atoms with Crippen molar-refractivity contribution in [3.63, 3.8) is 0 Å². The lowest BCUT2D eigenvalue weighted by Gasteiger charge is -2.11. The van der Waals surface area contributed by atoms with Crippen molar-refractivity contribution in [2.75, 3.05) is 24.9 Å². The Labute approximate surface area is 161 Å². The van der Waals surface area contributed by atoms with Gasteiger partial charge in [0.1, 0.15) is 17.8 Å². The van der Waals surface area contributed by atoms with E-state index in [0.717, 1.165) is 5.56 Å². The maximum atomic E-state index is 12.2. The van der Waals surface area contributed by atoms with Crippen LogP contribution < -0.4 is 20.1 Å². The smallest absolute Gasteiger partial charge is 0.326 e. The number of anilines is 2. The standard InChI is InChI=1S/C18H18ClN5O3/c1-26-14-6-7-16(27-2)15(9-14)21-18(25)22-17-20-11-24(23-17)10-12-4-3-5-13(19)8-12/h3-9,11H,10H2,1-2H3,(H2,21,22,23,25). The molecule has 2 N–H and O–H groups in total. The summed E-state index contributed by atoms with van der Waals surface area (Å²) >= 11 is 5.98. The van der Waals surface area contributed by atoms with Gasteiger partial charge in [0.05, 0.1) is 26.5 Å². The van der Waals surface area contributed by atoms with E-state index in [-0.39, 0.29) is 5.95 Å². The van der Waals surface area contributed by atoms with Crippen LogP contribution >= 0.6 is 11.6 Å². The Kier molecular flexibility index (Phi) is 5.77. The third-order valence-electron chi connectivity index (χ3n) is 3.65. The molecule has 2 aromatic carbocycles. The highest BCUT2D eigenvalue weighted by molar-refractivity contribution is 6.30. The zero-order valence-corrected chi connectivity index (χ0v) is 15.5. The Hall–Kier alpha value is -3.26. The van der Waals surface area contributed by atoms with Gasteiger partial charge in [0.15, 0.2) is 0 Å². The van der Waals surface area contributed by atoms with Crippen LogP contribution in [0, 0.1) is 0 Å². The Morgan fingerprint density at radius 2 is 2.00 bits per heavy atom. The van der Waals surface area contributed by atoms with E-state index < -0.39 is 6.03 Å². The minimum Gasteiger partial charge on any atom is -0.497 e. The summed E-state index contributed by atoms with van der Waals surface area (Å²) in [5.74, 6) is 1.27. The zero-order valence-electron chi connectivity index (χ0n) is 14.8. The number of urea groups is 1. The zero-order chi connectivity index (χ0) is 19.2. The van der Waals surface area contributed by atoms with Gasteiger partial charge in [-0.05, 0) is 29.8 Å². The average Bonchev–Trinajstić information content (AvgIpc) is 3.08. The first kappa shape index (κ1) is 18.5. The van der Waals surface area contributed by atoms with E-state index in [1.54, 1.807) is 36.1 Å². The van der Waals surface area contributed by atoms with Crippen molar-refractivity contribution in [1.82, 2.24) is 14.8 Å². The summed E-state index contributed by atoms with van der Waals surface area (Å²) in [6.45, 7) is 0.487. The summed E-state index contributed by atoms with van der Waals surface area (Å²) < 4.78 is 12.0. The molecule has 0 aliphatic carbocycles. The molecule has 0 radical (unpaired) electrons. The van der Waals surface area contributed by atoms with Crippen molar-refractivity contribution in [3.8, 4) is 11.5 Å². The highest BCUT2D eigenvalue weighted by Crippen LogP contribution is 2.28. The first-order valence-electron chi connectivity index (χ1n) is 8.01. The highest BCUT2D eigenvalue weighted by Gasteiger charge is 2.11. The topological polar surface area (TPSA) is 90.3 Å². The number of carbonyl (C=O) groups excluding carboxylic acids is 1. The molecule has 0 aliphatic heterocycles. The van der Waals surface area contributed by atoms with Gasteiger partial charge in [-0.25, -0.2) is 14.5 Å². The molecule has 0 unspecified atom stereocenters. The average molecular weight is 388 g/mol. The number of methoxy groups -OCH3 is 2. The second-order valence-corrected chi connectivity index (χ2v) is 5.98. The van der Waals surface area contributed by atoms with Crippen LogP contribution in [-0.2, 0) is 6.54 Å². The summed E-state index contributed by atoms with van der Waals surface area (Å²) in [4.78, 5) is 16.3. The van der Waals surface area contributed by atoms with Crippen LogP contribution in [0.5, 0.6) is 11.5 Å². The van der Waals surface area contributed by atoms with Crippen LogP contribution in [0.4, 0.5) is 16.4 Å². The third-order valence-corrected chi connectivity index (χ3v) is 3.89. The molecule has 2 amide bonds. The minimum absolute atomic E-state index is 0.177. The number of halogens is 1. The third kappa shape index (κ3) is 4.89. The number of hydrogen-bond acceptors (Lipinski definition) is 5. The molecule has 9 heteroatoms. The maximum absolute atomic E-state index is 12.2. The van der Waals surface area contributed by atoms with Crippen LogP contribution in [0.1, 0.15) is 5.56 Å². The Morgan fingerprint density at radius 1 is 1.15 bits per heavy atom. The number of rotatable bonds is 6. The van der Waals surface area contributed by atoms with Crippen LogP contribution in [-0.4, -0.2) is 35.0 Å². The Bertz CT molecular complexity index is 944. The molecule has 0 spiro atoms. The molecule has 3 aromatic rings. The number of carbonyl (C=O) groups is 1. The van der Waals surface area contributed by atoms with Gasteiger partial charge in [0.25, 0.3) is 0 Å². The number of ether oxygens (including phenoxy) is 2. The van der Waals surface area contributed by atoms with Crippen molar-refractivity contribution in [2.45, 2.75) is 6.54 Å². The van der Waals surface area contributed by atoms with Crippen LogP contribution in [0.3, 0.4) is 0 Å². The maximum Gasteiger partial charge on any atom is 0.326 e. The van der Waals surface area contributed by atoms with Crippen LogP contribution in [0.25, 0.3) is 0 Å². The van der Waals surface area contributed by atoms with Gasteiger partial charge in [-0.1, -0.05) is 23.7 Å². The summed E-state index contributed by atoms with van der Waals surface area (Å²) in [6, 6.07) is 12.0. The predicted octanol–water partition coefficient (Wildman–Crippen LogP) is 3.64. The Balaban J connectivity index is 1.64. The summed E-state index contributed by atoms with van der Waals surface area (Å²) in [5.41, 5.74) is 1.44. The molecule has 1 aromatic heterocycles. The van der Waals surface area contributed by atoms with E-state index in [2.05, 4.69) is 20.7 Å². The lowest BCUT2D eigenvalue weighted by molar-refractivity contribution is 0.262. The number of nitrogens with one attached hydrogen (secondary N) is 2. The molecule has 0 aliphatic rings. The monoisotopic (exact) mass is 387 g/mol. The normalized spacial score (nSPS) is 10.3. The van der Waals surface area contributed by atoms with Crippen molar-refractivity contribution < 1.29 is 14.3 Å². The molecular formula is C18H18ClN5O3. The van der Waals surface area contributed by atoms with Crippen LogP contribution in [0.15, 0.2) is 48.8 Å². The van der Waals surface area contributed by atoms with Crippen molar-refractivity contribution in [3.05, 3.63) is 59.4 Å². The van der Waals surface area contributed by atoms with E-state index in [1.165, 1.54) is 13.4 Å². The molecule has 140 valence electrons. The van der Waals surface area contributed by atoms with Crippen LogP contribution in [0.2, 0.25) is 5.02 Å². The van der Waals surface area contributed by atoms with Gasteiger partial charge < -0.3 is 14.8 Å². The number of nitrogens with zero attached hydrogens (tertiary/aromatic N) is 3. The fraction of sp³-hybridized carbons (Fsp3) is 0.167. The SMILES string of the molecule is COc1ccc(OC)c(NC(=O)Nc2ncn(Cc3cccc(Cl)c3)n2)c1. The van der Waals surface area contributed by atoms with Gasteiger partial charge in [-0.2, -0.15) is 0 Å². The predicted molar refractivity (Wildman–Crippen MR) is 103 cm³/mol. The number of amides is 2. The van der Waals surface area contributed by atoms with E-state index in [1.807, 2.05) is 18.2 Å². The van der Waals surface area contributed by atoms with E-state index in [9.17, 15) is 4.79 Å². The van der Waals surface area contributed by atoms with Crippen molar-refractivity contribution >= 4 is 29.3 Å². The van der Waals surface area contributed by atoms with Gasteiger partial charge in [0.2, 0.25) is 5.95 Å². The molecule has 27 heavy (non-hydrogen) atoms. The number of aromatic nitrogens is 3. The molecule has 0 fully saturated rings. The van der Waals surface area contributed by atoms with Gasteiger partial charge in [-0.15, -0.1) is 5.10 Å². The molecule has 0 atom stereocenters. The second-order valence-electron chi connectivity index (χ2n) is 5.54. The summed E-state index contributed by atoms with van der Waals surface area (Å²) in [5, 5.41) is 10.1. The number of hydrogen-bond donors (Lipinski definition) is 2. The fourth-order valence-corrected chi connectivity index (χ4v) is 2.63. The molecule has 1 heterocycles. The summed E-state index contributed by atoms with van der Waals surface area (Å²) in [6.07, 6.45) is 1.53. The molecule has 0 bridgehead atoms. The fourth-order valence-electron chi connectivity index (χ4n) is 2.42. The summed E-state index contributed by atoms with van der Waals surface area (Å²) in [7, 11) is 3.06. The molecule has 0 saturated carbocycles. The van der Waals surface area contributed by atoms with E-state index in [4.69, 9.17) is 21.1 Å². The lowest BCUT2D eigenvalue weighted by atomic mass is 10.2. The van der Waals surface area contributed by atoms with Crippen molar-refractivity contribution in [1.29, 1.82) is 0 Å². The largest absolute Gasteiger partial charge is 0.497 e. The van der Waals surface area contributed by atoms with Gasteiger partial charge in [-0.3, -0.25) is 5.32 Å². The quantitative estimate of drug-likeness (QED) is 0.673. The lowest BCUT2D eigenvalue weighted by Crippen LogP contribution is -2.20. The molecule has 0 saturated heterocycles. The molecular weight excluding hydrogens is 370 g/mol. The van der Waals surface area contributed by atoms with E-state index >= 15 is 0 Å². The molecule has 3 rings (SSSR count). The number of benzene rings is 2. The molecule has 8 nitrogen and oxygen atoms in total. The first-order chi connectivity index (χ1) is 13.1. The van der Waals surface area contributed by atoms with Gasteiger partial charge in [0, 0.05) is 11.1 Å². The Morgan fingerprint density at radius 3 is 2.74 bits per heavy atom. The van der Waals surface area contributed by atoms with Gasteiger partial charge >= 0.3 is 6.03 Å².